The van der Waals surface area contributed by atoms with E-state index in [4.69, 9.17) is 9.47 Å². The first-order valence-corrected chi connectivity index (χ1v) is 40.8. The topological polar surface area (TPSA) is 283 Å². The van der Waals surface area contributed by atoms with Crippen molar-refractivity contribution in [2.75, 3.05) is 39.4 Å². The Labute approximate surface area is 690 Å². The summed E-state index contributed by atoms with van der Waals surface area (Å²) in [4.78, 5) is 182. The summed E-state index contributed by atoms with van der Waals surface area (Å²) in [6.07, 6.45) is 0.685. The van der Waals surface area contributed by atoms with Gasteiger partial charge in [-0.2, -0.15) is 0 Å². The molecule has 592 valence electrons. The van der Waals surface area contributed by atoms with E-state index in [-0.39, 0.29) is 135 Å². The minimum absolute atomic E-state index is 0.00892. The second-order valence-electron chi connectivity index (χ2n) is 33.0. The lowest BCUT2D eigenvalue weighted by atomic mass is 9.81. The zero-order valence-corrected chi connectivity index (χ0v) is 65.8. The fraction of sp³-hybridized carbons (Fsp3) is 0.160. The van der Waals surface area contributed by atoms with E-state index in [1.165, 1.54) is 19.6 Å². The van der Waals surface area contributed by atoms with Crippen LogP contribution in [0.5, 0.6) is 23.0 Å². The van der Waals surface area contributed by atoms with Gasteiger partial charge in [0.05, 0.1) is 11.1 Å². The highest BCUT2D eigenvalue weighted by molar-refractivity contribution is 6.46. The number of hydrogen-bond acceptors (Lipinski definition) is 16. The fourth-order valence-electron chi connectivity index (χ4n) is 20.7. The minimum Gasteiger partial charge on any atom is -0.457 e. The number of carbonyl (C=O) groups excluding carboxylic acids is 12. The Kier molecular flexibility index (Phi) is 15.3. The third-order valence-electron chi connectivity index (χ3n) is 26.1. The van der Waals surface area contributed by atoms with Crippen molar-refractivity contribution in [3.05, 3.63) is 260 Å². The molecule has 6 heterocycles. The average Bonchev–Trinajstić information content (AvgIpc) is 0.685. The van der Waals surface area contributed by atoms with Crippen molar-refractivity contribution in [1.29, 1.82) is 0 Å². The number of rotatable bonds is 18. The first-order valence-electron chi connectivity index (χ1n) is 40.8. The van der Waals surface area contributed by atoms with E-state index in [9.17, 15) is 58.2 Å². The molecule has 2 N–H and O–H groups in total. The lowest BCUT2D eigenvalue weighted by molar-refractivity contribution is 0.0547. The Morgan fingerprint density at radius 1 is 0.238 bits per heavy atom. The first kappa shape index (κ1) is 72.2. The van der Waals surface area contributed by atoms with Gasteiger partial charge in [-0.1, -0.05) is 84.9 Å². The van der Waals surface area contributed by atoms with Gasteiger partial charge >= 0.3 is 0 Å². The van der Waals surface area contributed by atoms with E-state index in [1.54, 1.807) is 137 Å². The molecule has 22 nitrogen and oxygen atoms in total. The van der Waals surface area contributed by atoms with Crippen LogP contribution in [0.4, 0.5) is 0 Å². The van der Waals surface area contributed by atoms with Crippen molar-refractivity contribution >= 4 is 200 Å². The summed E-state index contributed by atoms with van der Waals surface area (Å²) < 4.78 is 14.0. The molecule has 17 aromatic carbocycles. The summed E-state index contributed by atoms with van der Waals surface area (Å²) in [7, 11) is 0. The van der Waals surface area contributed by atoms with Crippen molar-refractivity contribution in [2.45, 2.75) is 65.5 Å². The lowest BCUT2D eigenvalue weighted by Gasteiger charge is -2.31. The maximum Gasteiger partial charge on any atom is 0.261 e. The van der Waals surface area contributed by atoms with Gasteiger partial charge in [0.2, 0.25) is 0 Å². The van der Waals surface area contributed by atoms with Crippen LogP contribution in [0.2, 0.25) is 0 Å². The average molecular weight is 1610 g/mol. The van der Waals surface area contributed by atoms with Gasteiger partial charge in [0, 0.05) is 161 Å². The molecule has 122 heavy (non-hydrogen) atoms. The highest BCUT2D eigenvalue weighted by Crippen LogP contribution is 2.55. The van der Waals surface area contributed by atoms with Gasteiger partial charge in [-0.05, 0) is 237 Å². The summed E-state index contributed by atoms with van der Waals surface area (Å²) in [5.74, 6) is -4.79. The number of hydrogen-bond donors (Lipinski definition) is 2. The number of imide groups is 6. The molecule has 0 aliphatic carbocycles. The highest BCUT2D eigenvalue weighted by atomic mass is 16.5. The number of benzene rings is 17. The van der Waals surface area contributed by atoms with Gasteiger partial charge in [-0.15, -0.1) is 0 Å². The lowest BCUT2D eigenvalue weighted by Crippen LogP contribution is -2.44. The molecule has 0 spiro atoms. The SMILES string of the molecule is CC(C)N1C(=O)c2ccc3c4ccc5c6c(ccc(c7ccc(c2c37)C1=O)c64)C(=O)N(CCc1ccc(Oc2cc3c4c(ccc6c7c(Oc8ccc(CCN9C(=O)c%10ccc%11c%12ccc%13c%14c(ccc(c%15ccc(c%10c%11%15)C9=O)c%14%12)C(=O)N(C(C)C)C%13=O)cc8)cc8c9c(ccc(c2c46)c97)C(=O)N(CCCO)C8=O)C(=O)N(CCCO)C3=O)cc1)C5=O. The monoisotopic (exact) mass is 1610 g/mol. The molecule has 0 unspecified atom stereocenters. The molecular formula is C100H66N6O16. The van der Waals surface area contributed by atoms with E-state index in [0.717, 1.165) is 85.6 Å². The van der Waals surface area contributed by atoms with Gasteiger partial charge in [-0.25, -0.2) is 0 Å². The Hall–Kier alpha value is -15.0. The van der Waals surface area contributed by atoms with Crippen LogP contribution < -0.4 is 9.47 Å². The van der Waals surface area contributed by atoms with Crippen molar-refractivity contribution < 1.29 is 77.2 Å². The van der Waals surface area contributed by atoms with E-state index >= 15 is 9.59 Å². The number of ether oxygens (including phenoxy) is 2. The standard InChI is InChI=1S/C100H66N6O16/c1-45(2)105-97(117)67-29-19-55-51-15-25-61-79-62(26-16-52(75(51)79)56-20-30-68(98(105)118)81(67)77(55)56)92(112)103(91(61)111)39-35-47-7-11-49(12-8-47)121-73-43-71-83-65(89(109)101(95(71)115)37-5-41-107)34-24-60-86-74(44-72-84-66(90(110)102(96(72)116)38-6-42-108)33-23-59(88(84)86)85(73)87(60)83)122-50-13-9-48(10-14-50)36-40-104-93(113)63-27-17-53-57-21-31-69-82-70(100(120)106(46(3)4)99(69)119)32-22-58(78(57)82)54-18-28-64(94(104)114)80(63)76(53)54/h7-34,43-46,107-108H,5-6,35-42H2,1-4H3. The van der Waals surface area contributed by atoms with Crippen molar-refractivity contribution in [1.82, 2.24) is 29.4 Å². The summed E-state index contributed by atoms with van der Waals surface area (Å²) in [6.45, 7) is 6.47. The van der Waals surface area contributed by atoms with Crippen LogP contribution in [0.15, 0.2) is 182 Å². The highest BCUT2D eigenvalue weighted by Gasteiger charge is 2.44. The van der Waals surface area contributed by atoms with Crippen molar-refractivity contribution in [3.63, 3.8) is 0 Å². The molecular weight excluding hydrogens is 1540 g/mol. The zero-order chi connectivity index (χ0) is 83.5. The van der Waals surface area contributed by atoms with E-state index in [0.29, 0.717) is 121 Å². The molecule has 17 aromatic rings. The number of carbonyl (C=O) groups is 12. The molecule has 22 heteroatoms. The normalized spacial score (nSPS) is 15.4. The predicted molar refractivity (Wildman–Crippen MR) is 460 cm³/mol. The second kappa shape index (κ2) is 25.8. The van der Waals surface area contributed by atoms with Gasteiger partial charge in [0.25, 0.3) is 70.9 Å². The smallest absolute Gasteiger partial charge is 0.261 e. The number of aliphatic hydroxyl groups is 2. The third kappa shape index (κ3) is 9.54. The van der Waals surface area contributed by atoms with Crippen molar-refractivity contribution in [2.24, 2.45) is 0 Å². The number of aliphatic hydroxyl groups excluding tert-OH is 2. The summed E-state index contributed by atoms with van der Waals surface area (Å²) in [5.41, 5.74) is 5.30. The zero-order valence-electron chi connectivity index (χ0n) is 65.8. The fourth-order valence-corrected chi connectivity index (χ4v) is 20.7. The Bertz CT molecular complexity index is 7220. The summed E-state index contributed by atoms with van der Waals surface area (Å²) in [6, 6.07) is 52.4. The summed E-state index contributed by atoms with van der Waals surface area (Å²) >= 11 is 0. The number of fused-ring (bicyclic) bond motifs is 6. The molecule has 0 bridgehead atoms. The first-order chi connectivity index (χ1) is 59.1. The van der Waals surface area contributed by atoms with Crippen LogP contribution in [-0.4, -0.2) is 162 Å². The Balaban J connectivity index is 0.571. The third-order valence-corrected chi connectivity index (χ3v) is 26.1. The van der Waals surface area contributed by atoms with Crippen LogP contribution in [0, 0.1) is 0 Å². The van der Waals surface area contributed by atoms with E-state index in [1.807, 2.05) is 72.8 Å². The van der Waals surface area contributed by atoms with Crippen LogP contribution in [-0.2, 0) is 12.8 Å². The summed E-state index contributed by atoms with van der Waals surface area (Å²) in [5, 5.41) is 34.8. The van der Waals surface area contributed by atoms with E-state index in [2.05, 4.69) is 0 Å². The van der Waals surface area contributed by atoms with Crippen LogP contribution in [0.25, 0.3) is 129 Å². The quantitative estimate of drug-likeness (QED) is 0.0459. The van der Waals surface area contributed by atoms with Gasteiger partial charge in [-0.3, -0.25) is 86.9 Å². The molecule has 23 rings (SSSR count). The van der Waals surface area contributed by atoms with Crippen LogP contribution in [0.1, 0.15) is 176 Å². The molecule has 0 atom stereocenters. The van der Waals surface area contributed by atoms with Gasteiger partial charge in [0.15, 0.2) is 0 Å². The van der Waals surface area contributed by atoms with E-state index < -0.39 is 47.3 Å². The molecule has 12 amide bonds. The molecule has 0 saturated heterocycles. The second-order valence-corrected chi connectivity index (χ2v) is 33.0. The largest absolute Gasteiger partial charge is 0.457 e. The Morgan fingerprint density at radius 3 is 0.705 bits per heavy atom. The maximum absolute atomic E-state index is 15.1. The van der Waals surface area contributed by atoms with Crippen LogP contribution >= 0.6 is 0 Å². The Morgan fingerprint density at radius 2 is 0.459 bits per heavy atom. The number of amides is 12. The van der Waals surface area contributed by atoms with Crippen LogP contribution in [0.3, 0.4) is 0 Å². The molecule has 0 radical (unpaired) electrons. The minimum atomic E-state index is -0.634. The molecule has 0 fully saturated rings. The van der Waals surface area contributed by atoms with Gasteiger partial charge < -0.3 is 19.7 Å². The van der Waals surface area contributed by atoms with Gasteiger partial charge in [0.1, 0.15) is 23.0 Å². The molecule has 0 aromatic heterocycles. The molecule has 6 aliphatic rings. The number of nitrogens with zero attached hydrogens (tertiary/aromatic N) is 6. The van der Waals surface area contributed by atoms with Crippen molar-refractivity contribution in [3.8, 4) is 23.0 Å². The maximum atomic E-state index is 15.1. The predicted octanol–water partition coefficient (Wildman–Crippen LogP) is 17.1. The molecule has 0 saturated carbocycles. The molecule has 6 aliphatic heterocycles.